The SMILES string of the molecule is Cc1ccccc1CN[C@H]1CS(=O)(=O)C[C@@H]1S(=O)(=O)c1ccc(Cl)cc1. The summed E-state index contributed by atoms with van der Waals surface area (Å²) in [7, 11) is -7.22. The molecule has 0 radical (unpaired) electrons. The summed E-state index contributed by atoms with van der Waals surface area (Å²) in [4.78, 5) is 0.0895. The fourth-order valence-corrected chi connectivity index (χ4v) is 8.00. The summed E-state index contributed by atoms with van der Waals surface area (Å²) in [5.41, 5.74) is 2.08. The van der Waals surface area contributed by atoms with Gasteiger partial charge in [0.05, 0.1) is 21.7 Å². The van der Waals surface area contributed by atoms with E-state index in [1.54, 1.807) is 0 Å². The Morgan fingerprint density at radius 3 is 2.38 bits per heavy atom. The van der Waals surface area contributed by atoms with Crippen LogP contribution in [0, 0.1) is 6.92 Å². The summed E-state index contributed by atoms with van der Waals surface area (Å²) in [6.45, 7) is 2.38. The van der Waals surface area contributed by atoms with Crippen LogP contribution in [0.5, 0.6) is 0 Å². The number of rotatable bonds is 5. The van der Waals surface area contributed by atoms with Crippen molar-refractivity contribution in [2.24, 2.45) is 0 Å². The van der Waals surface area contributed by atoms with E-state index >= 15 is 0 Å². The summed E-state index contributed by atoms with van der Waals surface area (Å²) in [5.74, 6) is -0.556. The van der Waals surface area contributed by atoms with Crippen LogP contribution in [0.4, 0.5) is 0 Å². The highest BCUT2D eigenvalue weighted by atomic mass is 35.5. The van der Waals surface area contributed by atoms with E-state index < -0.39 is 31.0 Å². The van der Waals surface area contributed by atoms with Crippen LogP contribution in [-0.4, -0.2) is 39.6 Å². The van der Waals surface area contributed by atoms with E-state index in [9.17, 15) is 16.8 Å². The van der Waals surface area contributed by atoms with E-state index in [-0.39, 0.29) is 16.4 Å². The highest BCUT2D eigenvalue weighted by molar-refractivity contribution is 7.96. The largest absolute Gasteiger partial charge is 0.308 e. The maximum atomic E-state index is 13.0. The second-order valence-corrected chi connectivity index (χ2v) is 11.3. The fourth-order valence-electron chi connectivity index (χ4n) is 3.16. The van der Waals surface area contributed by atoms with Crippen molar-refractivity contribution in [3.8, 4) is 0 Å². The zero-order valence-corrected chi connectivity index (χ0v) is 16.6. The molecular weight excluding hydrogens is 394 g/mol. The molecule has 1 saturated heterocycles. The minimum absolute atomic E-state index is 0.0895. The van der Waals surface area contributed by atoms with E-state index in [4.69, 9.17) is 11.6 Å². The molecule has 0 aromatic heterocycles. The molecule has 8 heteroatoms. The highest BCUT2D eigenvalue weighted by Crippen LogP contribution is 2.27. The number of nitrogens with one attached hydrogen (secondary N) is 1. The van der Waals surface area contributed by atoms with Crippen LogP contribution in [0.3, 0.4) is 0 Å². The van der Waals surface area contributed by atoms with Gasteiger partial charge in [0.15, 0.2) is 19.7 Å². The molecule has 0 aliphatic carbocycles. The smallest absolute Gasteiger partial charge is 0.183 e. The zero-order chi connectivity index (χ0) is 18.9. The summed E-state index contributed by atoms with van der Waals surface area (Å²) in [5, 5.41) is 2.56. The molecule has 5 nitrogen and oxygen atoms in total. The van der Waals surface area contributed by atoms with Crippen LogP contribution in [0.2, 0.25) is 5.02 Å². The van der Waals surface area contributed by atoms with Gasteiger partial charge in [0.2, 0.25) is 0 Å². The maximum absolute atomic E-state index is 13.0. The first-order valence-electron chi connectivity index (χ1n) is 8.17. The molecule has 1 fully saturated rings. The number of aryl methyl sites for hydroxylation is 1. The molecule has 1 aliphatic rings. The van der Waals surface area contributed by atoms with Gasteiger partial charge in [-0.1, -0.05) is 35.9 Å². The lowest BCUT2D eigenvalue weighted by Crippen LogP contribution is -2.43. The molecule has 2 atom stereocenters. The first-order valence-corrected chi connectivity index (χ1v) is 11.9. The van der Waals surface area contributed by atoms with Crippen molar-refractivity contribution in [1.82, 2.24) is 5.32 Å². The summed E-state index contributed by atoms with van der Waals surface area (Å²) in [6.07, 6.45) is 0. The van der Waals surface area contributed by atoms with Gasteiger partial charge in [-0.15, -0.1) is 0 Å². The zero-order valence-electron chi connectivity index (χ0n) is 14.2. The van der Waals surface area contributed by atoms with Crippen molar-refractivity contribution >= 4 is 31.3 Å². The van der Waals surface area contributed by atoms with Gasteiger partial charge in [0.25, 0.3) is 0 Å². The second-order valence-electron chi connectivity index (χ2n) is 6.53. The molecule has 140 valence electrons. The Morgan fingerprint density at radius 2 is 1.73 bits per heavy atom. The van der Waals surface area contributed by atoms with Crippen LogP contribution >= 0.6 is 11.6 Å². The van der Waals surface area contributed by atoms with Gasteiger partial charge in [-0.2, -0.15) is 0 Å². The van der Waals surface area contributed by atoms with Gasteiger partial charge >= 0.3 is 0 Å². The number of hydrogen-bond acceptors (Lipinski definition) is 5. The van der Waals surface area contributed by atoms with Crippen LogP contribution in [-0.2, 0) is 26.2 Å². The van der Waals surface area contributed by atoms with Gasteiger partial charge in [-0.3, -0.25) is 0 Å². The highest BCUT2D eigenvalue weighted by Gasteiger charge is 2.45. The lowest BCUT2D eigenvalue weighted by Gasteiger charge is -2.20. The normalized spacial score (nSPS) is 22.4. The topological polar surface area (TPSA) is 80.3 Å². The van der Waals surface area contributed by atoms with E-state index in [1.165, 1.54) is 24.3 Å². The lowest BCUT2D eigenvalue weighted by molar-refractivity contribution is 0.525. The molecule has 1 heterocycles. The Morgan fingerprint density at radius 1 is 1.08 bits per heavy atom. The molecular formula is C18H20ClNO4S2. The van der Waals surface area contributed by atoms with Crippen molar-refractivity contribution in [3.05, 3.63) is 64.7 Å². The van der Waals surface area contributed by atoms with Crippen LogP contribution in [0.25, 0.3) is 0 Å². The lowest BCUT2D eigenvalue weighted by atomic mass is 10.1. The summed E-state index contributed by atoms with van der Waals surface area (Å²) in [6, 6.07) is 12.9. The third-order valence-electron chi connectivity index (χ3n) is 4.66. The average Bonchev–Trinajstić information content (AvgIpc) is 2.90. The van der Waals surface area contributed by atoms with E-state index in [0.717, 1.165) is 11.1 Å². The van der Waals surface area contributed by atoms with E-state index in [0.29, 0.717) is 11.6 Å². The number of sulfone groups is 2. The van der Waals surface area contributed by atoms with Crippen molar-refractivity contribution in [2.45, 2.75) is 29.7 Å². The Labute approximate surface area is 159 Å². The van der Waals surface area contributed by atoms with Crippen LogP contribution in [0.1, 0.15) is 11.1 Å². The van der Waals surface area contributed by atoms with Gasteiger partial charge in [-0.05, 0) is 42.3 Å². The standard InChI is InChI=1S/C18H20ClNO4S2/c1-13-4-2-3-5-14(13)10-20-17-11-25(21,22)12-18(17)26(23,24)16-8-6-15(19)7-9-16/h2-9,17-18,20H,10-12H2,1H3/t17-,18-/m0/s1. The Bertz CT molecular complexity index is 1000. The number of benzene rings is 2. The van der Waals surface area contributed by atoms with Crippen molar-refractivity contribution in [1.29, 1.82) is 0 Å². The minimum atomic E-state index is -3.79. The maximum Gasteiger partial charge on any atom is 0.183 e. The van der Waals surface area contributed by atoms with Gasteiger partial charge in [-0.25, -0.2) is 16.8 Å². The third kappa shape index (κ3) is 4.11. The fraction of sp³-hybridized carbons (Fsp3) is 0.333. The molecule has 26 heavy (non-hydrogen) atoms. The van der Waals surface area contributed by atoms with Crippen molar-refractivity contribution in [3.63, 3.8) is 0 Å². The van der Waals surface area contributed by atoms with E-state index in [2.05, 4.69) is 5.32 Å². The van der Waals surface area contributed by atoms with Gasteiger partial charge < -0.3 is 5.32 Å². The number of halogens is 1. The third-order valence-corrected chi connectivity index (χ3v) is 9.08. The van der Waals surface area contributed by atoms with Crippen LogP contribution in [0.15, 0.2) is 53.4 Å². The molecule has 1 N–H and O–H groups in total. The molecule has 2 aromatic rings. The van der Waals surface area contributed by atoms with E-state index in [1.807, 2.05) is 31.2 Å². The minimum Gasteiger partial charge on any atom is -0.308 e. The average molecular weight is 414 g/mol. The van der Waals surface area contributed by atoms with Crippen molar-refractivity contribution in [2.75, 3.05) is 11.5 Å². The summed E-state index contributed by atoms with van der Waals surface area (Å²) < 4.78 is 50.2. The molecule has 2 aromatic carbocycles. The van der Waals surface area contributed by atoms with Crippen LogP contribution < -0.4 is 5.32 Å². The Balaban J connectivity index is 1.86. The molecule has 0 saturated carbocycles. The van der Waals surface area contributed by atoms with Crippen molar-refractivity contribution < 1.29 is 16.8 Å². The van der Waals surface area contributed by atoms with Gasteiger partial charge in [0, 0.05) is 17.6 Å². The first kappa shape index (κ1) is 19.4. The molecule has 3 rings (SSSR count). The van der Waals surface area contributed by atoms with Gasteiger partial charge in [0.1, 0.15) is 0 Å². The number of hydrogen-bond donors (Lipinski definition) is 1. The second kappa shape index (κ2) is 7.31. The molecule has 0 spiro atoms. The predicted octanol–water partition coefficient (Wildman–Crippen LogP) is 2.38. The molecule has 0 unspecified atom stereocenters. The quantitative estimate of drug-likeness (QED) is 0.813. The first-order chi connectivity index (χ1) is 12.2. The molecule has 0 bridgehead atoms. The predicted molar refractivity (Wildman–Crippen MR) is 103 cm³/mol. The monoisotopic (exact) mass is 413 g/mol. The summed E-state index contributed by atoms with van der Waals surface area (Å²) >= 11 is 5.82. The Kier molecular flexibility index (Phi) is 5.44. The molecule has 1 aliphatic heterocycles. The Hall–Kier alpha value is -1.41. The molecule has 0 amide bonds.